The molecule has 3 aromatic rings. The number of hydrogen-bond donors (Lipinski definition) is 1. The van der Waals surface area contributed by atoms with E-state index >= 15 is 0 Å². The summed E-state index contributed by atoms with van der Waals surface area (Å²) < 4.78 is 0. The number of carbonyl (C=O) groups excluding carboxylic acids is 2. The molecule has 1 unspecified atom stereocenters. The van der Waals surface area contributed by atoms with Crippen molar-refractivity contribution in [3.8, 4) is 0 Å². The first kappa shape index (κ1) is 28.0. The monoisotopic (exact) mass is 570 g/mol. The van der Waals surface area contributed by atoms with Crippen LogP contribution in [0.4, 0.5) is 5.69 Å². The molecule has 0 bridgehead atoms. The Morgan fingerprint density at radius 2 is 1.56 bits per heavy atom. The number of piperazine rings is 1. The summed E-state index contributed by atoms with van der Waals surface area (Å²) in [5.74, 6) is 0.545. The molecule has 6 rings (SSSR count). The number of fused-ring (bicyclic) bond motifs is 1. The van der Waals surface area contributed by atoms with Crippen LogP contribution in [0.5, 0.6) is 0 Å². The van der Waals surface area contributed by atoms with Gasteiger partial charge in [0.1, 0.15) is 6.54 Å². The zero-order chi connectivity index (χ0) is 28.2. The molecule has 3 aliphatic rings. The van der Waals surface area contributed by atoms with E-state index in [4.69, 9.17) is 11.6 Å². The fourth-order valence-corrected chi connectivity index (χ4v) is 6.89. The Bertz CT molecular complexity index is 1350. The fourth-order valence-electron chi connectivity index (χ4n) is 6.76. The summed E-state index contributed by atoms with van der Waals surface area (Å²) in [6.45, 7) is 5.08. The van der Waals surface area contributed by atoms with Gasteiger partial charge in [0.2, 0.25) is 5.91 Å². The number of benzene rings is 3. The van der Waals surface area contributed by atoms with Crippen LogP contribution in [-0.4, -0.2) is 53.8 Å². The van der Waals surface area contributed by atoms with Crippen LogP contribution in [0, 0.1) is 5.92 Å². The molecule has 1 aliphatic carbocycles. The van der Waals surface area contributed by atoms with Crippen LogP contribution in [0.2, 0.25) is 5.02 Å². The molecule has 0 radical (unpaired) electrons. The number of nitrogens with one attached hydrogen (secondary N) is 1. The predicted molar refractivity (Wildman–Crippen MR) is 164 cm³/mol. The highest BCUT2D eigenvalue weighted by Gasteiger charge is 2.31. The Hall–Kier alpha value is -3.19. The maximum Gasteiger partial charge on any atom is 0.254 e. The van der Waals surface area contributed by atoms with Crippen LogP contribution in [0.3, 0.4) is 0 Å². The molecule has 2 amide bonds. The van der Waals surface area contributed by atoms with Crippen molar-refractivity contribution in [1.82, 2.24) is 15.1 Å². The molecule has 2 fully saturated rings. The predicted octanol–water partition coefficient (Wildman–Crippen LogP) is 5.88. The Morgan fingerprint density at radius 3 is 2.32 bits per heavy atom. The third-order valence-electron chi connectivity index (χ3n) is 8.99. The number of amides is 2. The van der Waals surface area contributed by atoms with Crippen LogP contribution in [0.1, 0.15) is 59.2 Å². The lowest BCUT2D eigenvalue weighted by Gasteiger charge is -2.42. The van der Waals surface area contributed by atoms with Crippen molar-refractivity contribution in [3.63, 3.8) is 0 Å². The number of rotatable bonds is 6. The van der Waals surface area contributed by atoms with Gasteiger partial charge in [-0.25, -0.2) is 0 Å². The second-order valence-electron chi connectivity index (χ2n) is 11.7. The zero-order valence-electron chi connectivity index (χ0n) is 23.6. The lowest BCUT2D eigenvalue weighted by molar-refractivity contribution is -0.119. The van der Waals surface area contributed by atoms with Crippen molar-refractivity contribution in [1.29, 1.82) is 0 Å². The molecule has 6 nitrogen and oxygen atoms in total. The van der Waals surface area contributed by atoms with Crippen LogP contribution in [-0.2, 0) is 24.4 Å². The third kappa shape index (κ3) is 6.50. The summed E-state index contributed by atoms with van der Waals surface area (Å²) in [5.41, 5.74) is 4.75. The number of anilines is 1. The standard InChI is InChI=1S/C34H39ClN4O2/c35-30-16-14-28(15-17-30)34(41)38-23-29-8-4-5-9-31(29)39(33(40)24-38)22-26-12-10-25(11-13-26)21-37-19-18-36-20-32(37)27-6-2-1-3-7-27/h4-5,8-17,27,32,36H,1-3,6-7,18-24H2. The Kier molecular flexibility index (Phi) is 8.70. The largest absolute Gasteiger partial charge is 0.325 e. The summed E-state index contributed by atoms with van der Waals surface area (Å²) in [6.07, 6.45) is 6.84. The summed E-state index contributed by atoms with van der Waals surface area (Å²) in [6, 6.07) is 24.1. The first-order valence-corrected chi connectivity index (χ1v) is 15.4. The van der Waals surface area contributed by atoms with Gasteiger partial charge in [-0.2, -0.15) is 0 Å². The van der Waals surface area contributed by atoms with Gasteiger partial charge in [-0.05, 0) is 65.8 Å². The zero-order valence-corrected chi connectivity index (χ0v) is 24.4. The molecule has 7 heteroatoms. The fraction of sp³-hybridized carbons (Fsp3) is 0.412. The number of halogens is 1. The molecular formula is C34H39ClN4O2. The molecule has 2 aliphatic heterocycles. The minimum absolute atomic E-state index is 0.0276. The molecule has 0 spiro atoms. The van der Waals surface area contributed by atoms with E-state index in [1.165, 1.54) is 37.7 Å². The van der Waals surface area contributed by atoms with Crippen molar-refractivity contribution in [2.45, 2.75) is 57.8 Å². The van der Waals surface area contributed by atoms with Crippen LogP contribution < -0.4 is 10.2 Å². The molecule has 1 atom stereocenters. The van der Waals surface area contributed by atoms with Gasteiger partial charge >= 0.3 is 0 Å². The third-order valence-corrected chi connectivity index (χ3v) is 9.24. The quantitative estimate of drug-likeness (QED) is 0.402. The molecule has 1 saturated carbocycles. The summed E-state index contributed by atoms with van der Waals surface area (Å²) in [5, 5.41) is 4.21. The first-order chi connectivity index (χ1) is 20.0. The summed E-state index contributed by atoms with van der Waals surface area (Å²) >= 11 is 6.02. The lowest BCUT2D eigenvalue weighted by atomic mass is 9.82. The van der Waals surface area contributed by atoms with E-state index in [9.17, 15) is 9.59 Å². The summed E-state index contributed by atoms with van der Waals surface area (Å²) in [4.78, 5) is 33.0. The van der Waals surface area contributed by atoms with E-state index in [0.717, 1.165) is 48.9 Å². The van der Waals surface area contributed by atoms with Gasteiger partial charge in [0.15, 0.2) is 0 Å². The number of nitrogens with zero attached hydrogens (tertiary/aromatic N) is 3. The van der Waals surface area contributed by atoms with Gasteiger partial charge in [-0.3, -0.25) is 14.5 Å². The average molecular weight is 571 g/mol. The van der Waals surface area contributed by atoms with Crippen LogP contribution >= 0.6 is 11.6 Å². The van der Waals surface area contributed by atoms with Gasteiger partial charge in [0.25, 0.3) is 5.91 Å². The molecule has 0 aromatic heterocycles. The molecule has 3 aromatic carbocycles. The van der Waals surface area contributed by atoms with E-state index in [-0.39, 0.29) is 18.4 Å². The highest BCUT2D eigenvalue weighted by molar-refractivity contribution is 6.30. The SMILES string of the molecule is O=C(c1ccc(Cl)cc1)N1CC(=O)N(Cc2ccc(CN3CCNCC3C3CCCCC3)cc2)c2ccccc2C1. The van der Waals surface area contributed by atoms with Crippen molar-refractivity contribution in [2.24, 2.45) is 5.92 Å². The lowest BCUT2D eigenvalue weighted by Crippen LogP contribution is -2.54. The highest BCUT2D eigenvalue weighted by atomic mass is 35.5. The van der Waals surface area contributed by atoms with Crippen molar-refractivity contribution in [2.75, 3.05) is 31.1 Å². The van der Waals surface area contributed by atoms with E-state index in [1.807, 2.05) is 29.2 Å². The van der Waals surface area contributed by atoms with Gasteiger partial charge in [-0.1, -0.05) is 73.3 Å². The Labute approximate surface area is 248 Å². The second-order valence-corrected chi connectivity index (χ2v) is 12.2. The van der Waals surface area contributed by atoms with Crippen LogP contribution in [0.25, 0.3) is 0 Å². The summed E-state index contributed by atoms with van der Waals surface area (Å²) in [7, 11) is 0. The van der Waals surface area contributed by atoms with Crippen molar-refractivity contribution in [3.05, 3.63) is 100 Å². The first-order valence-electron chi connectivity index (χ1n) is 15.0. The van der Waals surface area contributed by atoms with E-state index < -0.39 is 0 Å². The molecular weight excluding hydrogens is 532 g/mol. The van der Waals surface area contributed by atoms with Gasteiger partial charge in [-0.15, -0.1) is 0 Å². The molecule has 214 valence electrons. The van der Waals surface area contributed by atoms with E-state index in [0.29, 0.717) is 29.7 Å². The van der Waals surface area contributed by atoms with Crippen molar-refractivity contribution < 1.29 is 9.59 Å². The molecule has 1 saturated heterocycles. The topological polar surface area (TPSA) is 55.9 Å². The molecule has 41 heavy (non-hydrogen) atoms. The normalized spacial score (nSPS) is 20.5. The Balaban J connectivity index is 1.16. The van der Waals surface area contributed by atoms with Crippen molar-refractivity contribution >= 4 is 29.1 Å². The Morgan fingerprint density at radius 1 is 0.854 bits per heavy atom. The van der Waals surface area contributed by atoms with E-state index in [1.54, 1.807) is 29.2 Å². The van der Waals surface area contributed by atoms with Crippen LogP contribution in [0.15, 0.2) is 72.8 Å². The van der Waals surface area contributed by atoms with Gasteiger partial charge in [0.05, 0.1) is 6.54 Å². The van der Waals surface area contributed by atoms with Gasteiger partial charge < -0.3 is 15.1 Å². The maximum absolute atomic E-state index is 13.6. The number of hydrogen-bond acceptors (Lipinski definition) is 4. The number of carbonyl (C=O) groups is 2. The molecule has 2 heterocycles. The smallest absolute Gasteiger partial charge is 0.254 e. The minimum atomic E-state index is -0.171. The minimum Gasteiger partial charge on any atom is -0.325 e. The highest BCUT2D eigenvalue weighted by Crippen LogP contribution is 2.31. The second kappa shape index (κ2) is 12.8. The van der Waals surface area contributed by atoms with E-state index in [2.05, 4.69) is 34.5 Å². The average Bonchev–Trinajstić information content (AvgIpc) is 3.15. The maximum atomic E-state index is 13.6. The number of para-hydroxylation sites is 1. The molecule has 1 N–H and O–H groups in total. The van der Waals surface area contributed by atoms with Gasteiger partial charge in [0, 0.05) is 55.0 Å².